The van der Waals surface area contributed by atoms with Gasteiger partial charge in [0.05, 0.1) is 11.1 Å². The highest BCUT2D eigenvalue weighted by Crippen LogP contribution is 2.36. The predicted molar refractivity (Wildman–Crippen MR) is 108 cm³/mol. The van der Waals surface area contributed by atoms with Gasteiger partial charge < -0.3 is 9.47 Å². The van der Waals surface area contributed by atoms with E-state index in [1.807, 2.05) is 0 Å². The van der Waals surface area contributed by atoms with Gasteiger partial charge in [-0.15, -0.1) is 0 Å². The van der Waals surface area contributed by atoms with E-state index in [-0.39, 0.29) is 37.6 Å². The molecule has 0 spiro atoms. The zero-order valence-electron chi connectivity index (χ0n) is 17.2. The molecule has 0 radical (unpaired) electrons. The molecule has 3 aromatic carbocycles. The Labute approximate surface area is 186 Å². The first kappa shape index (κ1) is 23.0. The van der Waals surface area contributed by atoms with Crippen molar-refractivity contribution in [1.29, 1.82) is 0 Å². The lowest BCUT2D eigenvalue weighted by Crippen LogP contribution is -2.25. The summed E-state index contributed by atoms with van der Waals surface area (Å²) in [7, 11) is 0. The van der Waals surface area contributed by atoms with Gasteiger partial charge in [-0.25, -0.2) is 0 Å². The number of benzene rings is 3. The number of fused-ring (bicyclic) bond motifs is 1. The maximum absolute atomic E-state index is 13.5. The Bertz CT molecular complexity index is 1070. The highest BCUT2D eigenvalue weighted by atomic mass is 19.4. The second-order valence-corrected chi connectivity index (χ2v) is 7.64. The van der Waals surface area contributed by atoms with E-state index in [1.54, 1.807) is 23.1 Å². The summed E-state index contributed by atoms with van der Waals surface area (Å²) in [5, 5.41) is 0. The van der Waals surface area contributed by atoms with Gasteiger partial charge in [0.1, 0.15) is 0 Å². The molecule has 1 heterocycles. The molecule has 0 bridgehead atoms. The summed E-state index contributed by atoms with van der Waals surface area (Å²) in [5.41, 5.74) is -0.992. The van der Waals surface area contributed by atoms with E-state index in [4.69, 9.17) is 9.47 Å². The van der Waals surface area contributed by atoms with Crippen molar-refractivity contribution in [2.75, 3.05) is 6.79 Å². The molecule has 0 atom stereocenters. The van der Waals surface area contributed by atoms with Gasteiger partial charge in [-0.2, -0.15) is 26.3 Å². The van der Waals surface area contributed by atoms with Crippen LogP contribution in [0.3, 0.4) is 0 Å². The summed E-state index contributed by atoms with van der Waals surface area (Å²) < 4.78 is 91.8. The van der Waals surface area contributed by atoms with E-state index in [0.717, 1.165) is 12.1 Å². The van der Waals surface area contributed by atoms with Gasteiger partial charge in [0.25, 0.3) is 0 Å². The minimum absolute atomic E-state index is 0.0183. The SMILES string of the molecule is FC(F)(F)c1ccccc1CN(Cc1ccc2c(c1)OCO2)Cc1ccccc1C(F)(F)F. The third-order valence-corrected chi connectivity index (χ3v) is 5.28. The quantitative estimate of drug-likeness (QED) is 0.379. The average Bonchev–Trinajstić information content (AvgIpc) is 3.21. The summed E-state index contributed by atoms with van der Waals surface area (Å²) >= 11 is 0. The number of halogens is 6. The van der Waals surface area contributed by atoms with E-state index in [9.17, 15) is 26.3 Å². The van der Waals surface area contributed by atoms with E-state index in [1.165, 1.54) is 36.4 Å². The van der Waals surface area contributed by atoms with Crippen LogP contribution in [-0.2, 0) is 32.0 Å². The third-order valence-electron chi connectivity index (χ3n) is 5.28. The summed E-state index contributed by atoms with van der Waals surface area (Å²) in [4.78, 5) is 1.55. The molecule has 0 aromatic heterocycles. The number of hydrogen-bond donors (Lipinski definition) is 0. The van der Waals surface area contributed by atoms with Crippen molar-refractivity contribution in [3.8, 4) is 11.5 Å². The van der Waals surface area contributed by atoms with Crippen molar-refractivity contribution >= 4 is 0 Å². The second kappa shape index (κ2) is 8.97. The Kier molecular flexibility index (Phi) is 6.25. The number of alkyl halides is 6. The van der Waals surface area contributed by atoms with Crippen LogP contribution >= 0.6 is 0 Å². The van der Waals surface area contributed by atoms with E-state index >= 15 is 0 Å². The zero-order chi connectivity index (χ0) is 23.6. The molecule has 3 aromatic rings. The minimum Gasteiger partial charge on any atom is -0.454 e. The summed E-state index contributed by atoms with van der Waals surface area (Å²) in [6.07, 6.45) is -9.16. The average molecular weight is 467 g/mol. The zero-order valence-corrected chi connectivity index (χ0v) is 17.2. The highest BCUT2D eigenvalue weighted by molar-refractivity contribution is 5.44. The molecule has 0 amide bonds. The van der Waals surface area contributed by atoms with Crippen LogP contribution < -0.4 is 9.47 Å². The first-order valence-corrected chi connectivity index (χ1v) is 10.0. The molecule has 0 saturated heterocycles. The number of hydrogen-bond acceptors (Lipinski definition) is 3. The van der Waals surface area contributed by atoms with Crippen LogP contribution in [0.25, 0.3) is 0 Å². The van der Waals surface area contributed by atoms with E-state index < -0.39 is 23.5 Å². The first-order valence-electron chi connectivity index (χ1n) is 10.0. The smallest absolute Gasteiger partial charge is 0.416 e. The fourth-order valence-corrected chi connectivity index (χ4v) is 3.82. The van der Waals surface area contributed by atoms with Crippen molar-refractivity contribution in [1.82, 2.24) is 4.90 Å². The Morgan fingerprint density at radius 1 is 0.636 bits per heavy atom. The van der Waals surface area contributed by atoms with Crippen LogP contribution in [0.2, 0.25) is 0 Å². The fraction of sp³-hybridized carbons (Fsp3) is 0.250. The molecule has 1 aliphatic heterocycles. The molecule has 9 heteroatoms. The van der Waals surface area contributed by atoms with Crippen molar-refractivity contribution in [3.63, 3.8) is 0 Å². The Hall–Kier alpha value is -3.20. The third kappa shape index (κ3) is 5.42. The van der Waals surface area contributed by atoms with Crippen LogP contribution in [-0.4, -0.2) is 11.7 Å². The topological polar surface area (TPSA) is 21.7 Å². The van der Waals surface area contributed by atoms with Gasteiger partial charge in [0, 0.05) is 19.6 Å². The Balaban J connectivity index is 1.68. The normalized spacial score (nSPS) is 13.5. The van der Waals surface area contributed by atoms with Gasteiger partial charge in [-0.1, -0.05) is 42.5 Å². The highest BCUT2D eigenvalue weighted by Gasteiger charge is 2.35. The predicted octanol–water partition coefficient (Wildman–Crippen LogP) is 6.66. The number of rotatable bonds is 6. The number of ether oxygens (including phenoxy) is 2. The molecule has 174 valence electrons. The van der Waals surface area contributed by atoms with Gasteiger partial charge >= 0.3 is 12.4 Å². The molecule has 3 nitrogen and oxygen atoms in total. The number of nitrogens with zero attached hydrogens (tertiary/aromatic N) is 1. The van der Waals surface area contributed by atoms with Gasteiger partial charge in [-0.3, -0.25) is 4.90 Å². The van der Waals surface area contributed by atoms with Crippen molar-refractivity contribution < 1.29 is 35.8 Å². The van der Waals surface area contributed by atoms with E-state index in [0.29, 0.717) is 17.1 Å². The summed E-state index contributed by atoms with van der Waals surface area (Å²) in [5.74, 6) is 1.02. The Morgan fingerprint density at radius 3 is 1.70 bits per heavy atom. The monoisotopic (exact) mass is 467 g/mol. The van der Waals surface area contributed by atoms with Crippen LogP contribution in [0, 0.1) is 0 Å². The molecular weight excluding hydrogens is 448 g/mol. The fourth-order valence-electron chi connectivity index (χ4n) is 3.82. The second-order valence-electron chi connectivity index (χ2n) is 7.64. The molecule has 1 aliphatic rings. The summed E-state index contributed by atoms with van der Waals surface area (Å²) in [6.45, 7) is -0.234. The molecule has 0 saturated carbocycles. The van der Waals surface area contributed by atoms with E-state index in [2.05, 4.69) is 0 Å². The maximum atomic E-state index is 13.5. The van der Waals surface area contributed by atoms with Gasteiger partial charge in [0.15, 0.2) is 11.5 Å². The molecule has 0 N–H and O–H groups in total. The molecular formula is C24H19F6NO2. The molecule has 0 fully saturated rings. The van der Waals surface area contributed by atoms with Crippen LogP contribution in [0.4, 0.5) is 26.3 Å². The summed E-state index contributed by atoms with van der Waals surface area (Å²) in [6, 6.07) is 15.2. The van der Waals surface area contributed by atoms with Crippen molar-refractivity contribution in [3.05, 3.63) is 94.5 Å². The lowest BCUT2D eigenvalue weighted by atomic mass is 10.0. The minimum atomic E-state index is -4.58. The van der Waals surface area contributed by atoms with Crippen LogP contribution in [0.5, 0.6) is 11.5 Å². The lowest BCUT2D eigenvalue weighted by Gasteiger charge is -2.26. The maximum Gasteiger partial charge on any atom is 0.416 e. The largest absolute Gasteiger partial charge is 0.454 e. The van der Waals surface area contributed by atoms with Crippen LogP contribution in [0.15, 0.2) is 66.7 Å². The van der Waals surface area contributed by atoms with Gasteiger partial charge in [-0.05, 0) is 41.0 Å². The van der Waals surface area contributed by atoms with Crippen molar-refractivity contribution in [2.24, 2.45) is 0 Å². The Morgan fingerprint density at radius 2 is 1.15 bits per heavy atom. The van der Waals surface area contributed by atoms with Gasteiger partial charge in [0.2, 0.25) is 6.79 Å². The molecule has 0 unspecified atom stereocenters. The van der Waals surface area contributed by atoms with Crippen LogP contribution in [0.1, 0.15) is 27.8 Å². The standard InChI is InChI=1S/C24H19F6NO2/c25-23(26,27)19-7-3-1-5-17(19)13-31(12-16-9-10-21-22(11-16)33-15-32-21)14-18-6-2-4-8-20(18)24(28,29)30/h1-11H,12-15H2. The molecule has 0 aliphatic carbocycles. The molecule has 33 heavy (non-hydrogen) atoms. The molecule has 4 rings (SSSR count). The first-order chi connectivity index (χ1) is 15.6. The lowest BCUT2D eigenvalue weighted by molar-refractivity contribution is -0.138. The van der Waals surface area contributed by atoms with Crippen molar-refractivity contribution in [2.45, 2.75) is 32.0 Å².